The van der Waals surface area contributed by atoms with Crippen molar-refractivity contribution in [2.24, 2.45) is 17.3 Å². The lowest BCUT2D eigenvalue weighted by Gasteiger charge is -2.31. The second kappa shape index (κ2) is 7.16. The molecule has 0 spiro atoms. The summed E-state index contributed by atoms with van der Waals surface area (Å²) in [7, 11) is 0. The van der Waals surface area contributed by atoms with Crippen LogP contribution in [0.25, 0.3) is 0 Å². The molecule has 1 saturated carbocycles. The molecule has 2 nitrogen and oxygen atoms in total. The molecule has 0 heterocycles. The molecule has 2 heteroatoms. The van der Waals surface area contributed by atoms with Crippen LogP contribution >= 0.6 is 0 Å². The Balaban J connectivity index is 2.24. The largest absolute Gasteiger partial charge is 0.465 e. The van der Waals surface area contributed by atoms with Gasteiger partial charge in [-0.3, -0.25) is 4.79 Å². The zero-order valence-corrected chi connectivity index (χ0v) is 12.6. The smallest absolute Gasteiger partial charge is 0.308 e. The maximum absolute atomic E-state index is 11.8. The summed E-state index contributed by atoms with van der Waals surface area (Å²) in [6.45, 7) is 9.64. The summed E-state index contributed by atoms with van der Waals surface area (Å²) in [6, 6.07) is 0. The second-order valence-electron chi connectivity index (χ2n) is 7.00. The maximum Gasteiger partial charge on any atom is 0.308 e. The van der Waals surface area contributed by atoms with E-state index in [1.165, 1.54) is 19.3 Å². The van der Waals surface area contributed by atoms with Crippen LogP contribution in [-0.4, -0.2) is 12.6 Å². The minimum Gasteiger partial charge on any atom is -0.465 e. The van der Waals surface area contributed by atoms with Crippen LogP contribution in [0.15, 0.2) is 0 Å². The molecule has 0 bridgehead atoms. The number of carbonyl (C=O) groups excluding carboxylic acids is 1. The molecule has 0 atom stereocenters. The van der Waals surface area contributed by atoms with Crippen molar-refractivity contribution in [2.45, 2.75) is 72.6 Å². The number of unbranched alkanes of at least 4 members (excludes halogenated alkanes) is 1. The Morgan fingerprint density at radius 1 is 1.17 bits per heavy atom. The van der Waals surface area contributed by atoms with E-state index in [-0.39, 0.29) is 11.9 Å². The van der Waals surface area contributed by atoms with Crippen molar-refractivity contribution in [1.29, 1.82) is 0 Å². The summed E-state index contributed by atoms with van der Waals surface area (Å²) in [6.07, 6.45) is 7.83. The van der Waals surface area contributed by atoms with Crippen molar-refractivity contribution in [3.8, 4) is 0 Å². The molecule has 0 aliphatic heterocycles. The lowest BCUT2D eigenvalue weighted by Crippen LogP contribution is -2.25. The van der Waals surface area contributed by atoms with Crippen LogP contribution in [0.3, 0.4) is 0 Å². The summed E-state index contributed by atoms with van der Waals surface area (Å²) in [4.78, 5) is 11.8. The molecule has 0 radical (unpaired) electrons. The first kappa shape index (κ1) is 15.5. The number of esters is 1. The van der Waals surface area contributed by atoms with Crippen LogP contribution in [-0.2, 0) is 9.53 Å². The van der Waals surface area contributed by atoms with Gasteiger partial charge in [-0.25, -0.2) is 0 Å². The predicted molar refractivity (Wildman–Crippen MR) is 75.4 cm³/mol. The molecule has 1 fully saturated rings. The van der Waals surface area contributed by atoms with Crippen LogP contribution in [0.5, 0.6) is 0 Å². The van der Waals surface area contributed by atoms with Gasteiger partial charge in [-0.15, -0.1) is 0 Å². The summed E-state index contributed by atoms with van der Waals surface area (Å²) in [5.41, 5.74) is 0.416. The minimum atomic E-state index is 0.0534. The topological polar surface area (TPSA) is 26.3 Å². The van der Waals surface area contributed by atoms with Gasteiger partial charge in [-0.2, -0.15) is 0 Å². The van der Waals surface area contributed by atoms with Crippen molar-refractivity contribution in [2.75, 3.05) is 6.61 Å². The van der Waals surface area contributed by atoms with E-state index in [0.717, 1.165) is 31.6 Å². The van der Waals surface area contributed by atoms with Crippen molar-refractivity contribution in [3.05, 3.63) is 0 Å². The van der Waals surface area contributed by atoms with Gasteiger partial charge in [-0.05, 0) is 49.9 Å². The van der Waals surface area contributed by atoms with E-state index in [0.29, 0.717) is 12.0 Å². The number of rotatable bonds is 5. The third-order valence-electron chi connectivity index (χ3n) is 3.82. The maximum atomic E-state index is 11.8. The predicted octanol–water partition coefficient (Wildman–Crippen LogP) is 4.57. The monoisotopic (exact) mass is 254 g/mol. The first-order valence-corrected chi connectivity index (χ1v) is 7.59. The third-order valence-corrected chi connectivity index (χ3v) is 3.82. The Morgan fingerprint density at radius 2 is 1.78 bits per heavy atom. The molecule has 1 rings (SSSR count). The van der Waals surface area contributed by atoms with Crippen molar-refractivity contribution in [3.63, 3.8) is 0 Å². The Kier molecular flexibility index (Phi) is 6.17. The lowest BCUT2D eigenvalue weighted by atomic mass is 9.74. The average molecular weight is 254 g/mol. The highest BCUT2D eigenvalue weighted by atomic mass is 16.5. The first-order valence-electron chi connectivity index (χ1n) is 7.59. The van der Waals surface area contributed by atoms with Crippen LogP contribution in [0, 0.1) is 17.3 Å². The van der Waals surface area contributed by atoms with E-state index in [1.54, 1.807) is 0 Å². The molecule has 0 aromatic rings. The fraction of sp³-hybridized carbons (Fsp3) is 0.938. The second-order valence-corrected chi connectivity index (χ2v) is 7.00. The Morgan fingerprint density at radius 3 is 2.28 bits per heavy atom. The van der Waals surface area contributed by atoms with E-state index >= 15 is 0 Å². The Labute approximate surface area is 112 Å². The highest BCUT2D eigenvalue weighted by Gasteiger charge is 2.29. The van der Waals surface area contributed by atoms with E-state index in [1.807, 2.05) is 0 Å². The van der Waals surface area contributed by atoms with E-state index in [9.17, 15) is 4.79 Å². The fourth-order valence-electron chi connectivity index (χ4n) is 2.90. The normalized spacial score (nSPS) is 24.9. The fourth-order valence-corrected chi connectivity index (χ4v) is 2.90. The van der Waals surface area contributed by atoms with Crippen LogP contribution < -0.4 is 0 Å². The number of ether oxygens (including phenoxy) is 1. The first-order chi connectivity index (χ1) is 8.42. The molecular formula is C16H30O2. The van der Waals surface area contributed by atoms with Crippen molar-refractivity contribution >= 4 is 5.97 Å². The van der Waals surface area contributed by atoms with Gasteiger partial charge in [0, 0.05) is 0 Å². The molecule has 0 unspecified atom stereocenters. The molecule has 1 aliphatic carbocycles. The SMILES string of the molecule is CCCCOC(=O)C1CCC(CC(C)(C)C)CC1. The average Bonchev–Trinajstić information content (AvgIpc) is 2.28. The highest BCUT2D eigenvalue weighted by Crippen LogP contribution is 2.36. The standard InChI is InChI=1S/C16H30O2/c1-5-6-11-18-15(17)14-9-7-13(8-10-14)12-16(2,3)4/h13-14H,5-12H2,1-4H3. The van der Waals surface area contributed by atoms with Gasteiger partial charge in [0.1, 0.15) is 0 Å². The molecule has 0 N–H and O–H groups in total. The molecule has 18 heavy (non-hydrogen) atoms. The van der Waals surface area contributed by atoms with Crippen LogP contribution in [0.4, 0.5) is 0 Å². The minimum absolute atomic E-state index is 0.0534. The summed E-state index contributed by atoms with van der Waals surface area (Å²) < 4.78 is 5.32. The van der Waals surface area contributed by atoms with Gasteiger partial charge in [0.2, 0.25) is 0 Å². The van der Waals surface area contributed by atoms with E-state index in [2.05, 4.69) is 27.7 Å². The summed E-state index contributed by atoms with van der Waals surface area (Å²) >= 11 is 0. The molecule has 0 aromatic heterocycles. The molecule has 106 valence electrons. The van der Waals surface area contributed by atoms with Gasteiger partial charge in [0.05, 0.1) is 12.5 Å². The number of carbonyl (C=O) groups is 1. The zero-order valence-electron chi connectivity index (χ0n) is 12.6. The van der Waals surface area contributed by atoms with Crippen LogP contribution in [0.1, 0.15) is 72.6 Å². The quantitative estimate of drug-likeness (QED) is 0.530. The molecule has 0 saturated heterocycles. The van der Waals surface area contributed by atoms with Crippen molar-refractivity contribution in [1.82, 2.24) is 0 Å². The zero-order chi connectivity index (χ0) is 13.6. The summed E-state index contributed by atoms with van der Waals surface area (Å²) in [5.74, 6) is 1.04. The van der Waals surface area contributed by atoms with Crippen LogP contribution in [0.2, 0.25) is 0 Å². The van der Waals surface area contributed by atoms with E-state index < -0.39 is 0 Å². The van der Waals surface area contributed by atoms with Crippen molar-refractivity contribution < 1.29 is 9.53 Å². The van der Waals surface area contributed by atoms with Gasteiger partial charge >= 0.3 is 5.97 Å². The number of hydrogen-bond donors (Lipinski definition) is 0. The molecule has 0 amide bonds. The lowest BCUT2D eigenvalue weighted by molar-refractivity contribution is -0.150. The molecule has 1 aliphatic rings. The Bertz CT molecular complexity index is 244. The molecule has 0 aromatic carbocycles. The van der Waals surface area contributed by atoms with Gasteiger partial charge in [0.15, 0.2) is 0 Å². The van der Waals surface area contributed by atoms with Gasteiger partial charge < -0.3 is 4.74 Å². The summed E-state index contributed by atoms with van der Waals surface area (Å²) in [5, 5.41) is 0. The Hall–Kier alpha value is -0.530. The van der Waals surface area contributed by atoms with Gasteiger partial charge in [0.25, 0.3) is 0 Å². The third kappa shape index (κ3) is 5.88. The molecular weight excluding hydrogens is 224 g/mol. The highest BCUT2D eigenvalue weighted by molar-refractivity contribution is 5.72. The van der Waals surface area contributed by atoms with E-state index in [4.69, 9.17) is 4.74 Å². The number of hydrogen-bond acceptors (Lipinski definition) is 2. The van der Waals surface area contributed by atoms with Gasteiger partial charge in [-0.1, -0.05) is 34.1 Å².